The Hall–Kier alpha value is -3.55. The third-order valence-electron chi connectivity index (χ3n) is 4.66. The molecule has 0 atom stereocenters. The van der Waals surface area contributed by atoms with E-state index in [1.165, 1.54) is 0 Å². The van der Waals surface area contributed by atoms with Gasteiger partial charge in [0.05, 0.1) is 23.5 Å². The number of H-pyrrole nitrogens is 1. The van der Waals surface area contributed by atoms with E-state index >= 15 is 0 Å². The summed E-state index contributed by atoms with van der Waals surface area (Å²) >= 11 is 0. The molecule has 1 fully saturated rings. The lowest BCUT2D eigenvalue weighted by Gasteiger charge is -2.39. The SMILES string of the molecule is O=C(c1cccnc1)N1CC(n2cc(-c3ncnc4[nH]ccc34)cn2)C1. The van der Waals surface area contributed by atoms with Crippen molar-refractivity contribution in [2.75, 3.05) is 13.1 Å². The Labute approximate surface area is 148 Å². The van der Waals surface area contributed by atoms with Gasteiger partial charge in [-0.1, -0.05) is 0 Å². The van der Waals surface area contributed by atoms with Gasteiger partial charge in [0.15, 0.2) is 0 Å². The van der Waals surface area contributed by atoms with Crippen LogP contribution in [0.3, 0.4) is 0 Å². The number of hydrogen-bond donors (Lipinski definition) is 1. The van der Waals surface area contributed by atoms with Crippen molar-refractivity contribution in [1.29, 1.82) is 0 Å². The number of nitrogens with one attached hydrogen (secondary N) is 1. The minimum absolute atomic E-state index is 0.00608. The van der Waals surface area contributed by atoms with E-state index < -0.39 is 0 Å². The zero-order chi connectivity index (χ0) is 17.5. The van der Waals surface area contributed by atoms with Crippen LogP contribution in [-0.2, 0) is 0 Å². The molecule has 5 heterocycles. The molecule has 0 unspecified atom stereocenters. The number of likely N-dealkylation sites (tertiary alicyclic amines) is 1. The Morgan fingerprint density at radius 1 is 1.19 bits per heavy atom. The monoisotopic (exact) mass is 345 g/mol. The summed E-state index contributed by atoms with van der Waals surface area (Å²) in [5, 5.41) is 5.43. The van der Waals surface area contributed by atoms with E-state index in [1.54, 1.807) is 42.0 Å². The predicted octanol–water partition coefficient (Wildman–Crippen LogP) is 1.91. The van der Waals surface area contributed by atoms with E-state index in [0.29, 0.717) is 18.7 Å². The third kappa shape index (κ3) is 2.34. The van der Waals surface area contributed by atoms with Crippen LogP contribution in [0.2, 0.25) is 0 Å². The van der Waals surface area contributed by atoms with Crippen molar-refractivity contribution in [3.05, 3.63) is 61.1 Å². The van der Waals surface area contributed by atoms with Crippen LogP contribution in [0.15, 0.2) is 55.5 Å². The third-order valence-corrected chi connectivity index (χ3v) is 4.66. The lowest BCUT2D eigenvalue weighted by molar-refractivity contribution is 0.0501. The number of aromatic nitrogens is 6. The van der Waals surface area contributed by atoms with Gasteiger partial charge in [0, 0.05) is 48.8 Å². The smallest absolute Gasteiger partial charge is 0.255 e. The van der Waals surface area contributed by atoms with Crippen LogP contribution in [0.1, 0.15) is 16.4 Å². The zero-order valence-corrected chi connectivity index (χ0v) is 13.8. The van der Waals surface area contributed by atoms with Crippen molar-refractivity contribution in [1.82, 2.24) is 34.6 Å². The van der Waals surface area contributed by atoms with Gasteiger partial charge in [-0.05, 0) is 18.2 Å². The molecule has 1 aliphatic rings. The average Bonchev–Trinajstić information content (AvgIpc) is 3.30. The van der Waals surface area contributed by atoms with Crippen LogP contribution in [0.25, 0.3) is 22.3 Å². The fraction of sp³-hybridized carbons (Fsp3) is 0.167. The maximum absolute atomic E-state index is 12.4. The number of carbonyl (C=O) groups excluding carboxylic acids is 1. The molecule has 26 heavy (non-hydrogen) atoms. The van der Waals surface area contributed by atoms with Crippen LogP contribution in [-0.4, -0.2) is 53.6 Å². The standard InChI is InChI=1S/C18H15N7O/c26-18(12-2-1-4-19-6-12)24-9-14(10-24)25-8-13(7-23-25)16-15-3-5-20-17(15)22-11-21-16/h1-8,11,14H,9-10H2,(H,20,21,22). The van der Waals surface area contributed by atoms with E-state index in [0.717, 1.165) is 22.3 Å². The normalized spacial score (nSPS) is 14.5. The lowest BCUT2D eigenvalue weighted by Crippen LogP contribution is -2.50. The quantitative estimate of drug-likeness (QED) is 0.612. The van der Waals surface area contributed by atoms with Crippen LogP contribution < -0.4 is 0 Å². The van der Waals surface area contributed by atoms with Gasteiger partial charge in [-0.3, -0.25) is 14.5 Å². The number of fused-ring (bicyclic) bond motifs is 1. The highest BCUT2D eigenvalue weighted by molar-refractivity contribution is 5.94. The van der Waals surface area contributed by atoms with Crippen LogP contribution in [0, 0.1) is 0 Å². The van der Waals surface area contributed by atoms with Crippen molar-refractivity contribution < 1.29 is 4.79 Å². The van der Waals surface area contributed by atoms with Crippen LogP contribution in [0.5, 0.6) is 0 Å². The van der Waals surface area contributed by atoms with Crippen molar-refractivity contribution in [3.63, 3.8) is 0 Å². The fourth-order valence-electron chi connectivity index (χ4n) is 3.22. The summed E-state index contributed by atoms with van der Waals surface area (Å²) in [6.45, 7) is 1.27. The number of carbonyl (C=O) groups is 1. The molecule has 0 aliphatic carbocycles. The Kier molecular flexibility index (Phi) is 3.27. The van der Waals surface area contributed by atoms with Gasteiger partial charge < -0.3 is 9.88 Å². The number of amides is 1. The Balaban J connectivity index is 1.33. The molecule has 0 spiro atoms. The molecule has 0 saturated carbocycles. The molecule has 8 heteroatoms. The van der Waals surface area contributed by atoms with Crippen molar-refractivity contribution >= 4 is 16.9 Å². The molecule has 0 bridgehead atoms. The summed E-state index contributed by atoms with van der Waals surface area (Å²) < 4.78 is 1.91. The van der Waals surface area contributed by atoms with E-state index in [2.05, 4.69) is 25.0 Å². The first kappa shape index (κ1) is 14.8. The number of rotatable bonds is 3. The molecule has 4 aromatic rings. The first-order chi connectivity index (χ1) is 12.8. The van der Waals surface area contributed by atoms with E-state index in [-0.39, 0.29) is 11.9 Å². The largest absolute Gasteiger partial charge is 0.346 e. The van der Waals surface area contributed by atoms with E-state index in [1.807, 2.05) is 23.1 Å². The van der Waals surface area contributed by atoms with Crippen molar-refractivity contribution in [2.45, 2.75) is 6.04 Å². The lowest BCUT2D eigenvalue weighted by atomic mass is 10.1. The molecule has 5 rings (SSSR count). The molecule has 1 aliphatic heterocycles. The Morgan fingerprint density at radius 3 is 2.96 bits per heavy atom. The van der Waals surface area contributed by atoms with Gasteiger partial charge >= 0.3 is 0 Å². The number of nitrogens with zero attached hydrogens (tertiary/aromatic N) is 6. The molecule has 1 N–H and O–H groups in total. The highest BCUT2D eigenvalue weighted by Gasteiger charge is 2.33. The molecular weight excluding hydrogens is 330 g/mol. The minimum Gasteiger partial charge on any atom is -0.346 e. The fourth-order valence-corrected chi connectivity index (χ4v) is 3.22. The molecule has 4 aromatic heterocycles. The van der Waals surface area contributed by atoms with Crippen LogP contribution >= 0.6 is 0 Å². The highest BCUT2D eigenvalue weighted by atomic mass is 16.2. The second kappa shape index (κ2) is 5.76. The molecule has 0 aromatic carbocycles. The van der Waals surface area contributed by atoms with Crippen molar-refractivity contribution in [2.24, 2.45) is 0 Å². The summed E-state index contributed by atoms with van der Waals surface area (Å²) in [7, 11) is 0. The predicted molar refractivity (Wildman–Crippen MR) is 94.3 cm³/mol. The highest BCUT2D eigenvalue weighted by Crippen LogP contribution is 2.27. The van der Waals surface area contributed by atoms with Gasteiger partial charge in [0.2, 0.25) is 0 Å². The van der Waals surface area contributed by atoms with Crippen molar-refractivity contribution in [3.8, 4) is 11.3 Å². The zero-order valence-electron chi connectivity index (χ0n) is 13.8. The minimum atomic E-state index is 0.00608. The maximum Gasteiger partial charge on any atom is 0.255 e. The molecule has 1 saturated heterocycles. The Morgan fingerprint density at radius 2 is 2.12 bits per heavy atom. The number of pyridine rings is 1. The molecule has 1 amide bonds. The molecule has 8 nitrogen and oxygen atoms in total. The average molecular weight is 345 g/mol. The summed E-state index contributed by atoms with van der Waals surface area (Å²) in [5.41, 5.74) is 3.21. The Bertz CT molecular complexity index is 1080. The van der Waals surface area contributed by atoms with Gasteiger partial charge in [-0.15, -0.1) is 0 Å². The van der Waals surface area contributed by atoms with Gasteiger partial charge in [0.1, 0.15) is 12.0 Å². The van der Waals surface area contributed by atoms with Gasteiger partial charge in [-0.25, -0.2) is 9.97 Å². The molecule has 128 valence electrons. The molecular formula is C18H15N7O. The van der Waals surface area contributed by atoms with Gasteiger partial charge in [0.25, 0.3) is 5.91 Å². The summed E-state index contributed by atoms with van der Waals surface area (Å²) in [6.07, 6.45) is 10.4. The number of aromatic amines is 1. The summed E-state index contributed by atoms with van der Waals surface area (Å²) in [4.78, 5) is 29.9. The van der Waals surface area contributed by atoms with E-state index in [4.69, 9.17) is 0 Å². The summed E-state index contributed by atoms with van der Waals surface area (Å²) in [5.74, 6) is 0.00608. The maximum atomic E-state index is 12.4. The summed E-state index contributed by atoms with van der Waals surface area (Å²) in [6, 6.07) is 5.69. The second-order valence-electron chi connectivity index (χ2n) is 6.28. The van der Waals surface area contributed by atoms with E-state index in [9.17, 15) is 4.79 Å². The van der Waals surface area contributed by atoms with Crippen LogP contribution in [0.4, 0.5) is 0 Å². The van der Waals surface area contributed by atoms with Gasteiger partial charge in [-0.2, -0.15) is 5.10 Å². The second-order valence-corrected chi connectivity index (χ2v) is 6.28. The number of hydrogen-bond acceptors (Lipinski definition) is 5. The topological polar surface area (TPSA) is 92.6 Å². The molecule has 0 radical (unpaired) electrons. The first-order valence-corrected chi connectivity index (χ1v) is 8.31. The first-order valence-electron chi connectivity index (χ1n) is 8.31.